The van der Waals surface area contributed by atoms with Crippen LogP contribution in [0.4, 0.5) is 5.69 Å². The van der Waals surface area contributed by atoms with E-state index in [1.165, 1.54) is 11.3 Å². The first kappa shape index (κ1) is 15.1. The van der Waals surface area contributed by atoms with E-state index in [9.17, 15) is 0 Å². The highest BCUT2D eigenvalue weighted by molar-refractivity contribution is 9.13. The van der Waals surface area contributed by atoms with Crippen LogP contribution in [0.2, 0.25) is 0 Å². The summed E-state index contributed by atoms with van der Waals surface area (Å²) >= 11 is 6.89. The smallest absolute Gasteiger partial charge is 0.183 e. The van der Waals surface area contributed by atoms with Gasteiger partial charge >= 0.3 is 0 Å². The zero-order valence-corrected chi connectivity index (χ0v) is 15.0. The number of nitrogens with zero attached hydrogens (tertiary/aromatic N) is 1. The van der Waals surface area contributed by atoms with Crippen LogP contribution in [0.25, 0.3) is 0 Å². The molecule has 112 valence electrons. The lowest BCUT2D eigenvalue weighted by Gasteiger charge is -2.39. The molecular weight excluding hydrogens is 396 g/mol. The van der Waals surface area contributed by atoms with Crippen LogP contribution >= 0.6 is 31.9 Å². The minimum Gasteiger partial charge on any atom is -0.451 e. The fourth-order valence-corrected chi connectivity index (χ4v) is 3.67. The average molecular weight is 414 g/mol. The molecule has 1 aliphatic rings. The molecule has 0 saturated carbocycles. The molecule has 1 aliphatic heterocycles. The second kappa shape index (κ2) is 6.15. The van der Waals surface area contributed by atoms with Crippen LogP contribution in [0.1, 0.15) is 24.3 Å². The van der Waals surface area contributed by atoms with E-state index in [0.29, 0.717) is 17.1 Å². The summed E-state index contributed by atoms with van der Waals surface area (Å²) < 4.78 is 7.46. The fourth-order valence-electron chi connectivity index (χ4n) is 3.06. The second-order valence-corrected chi connectivity index (χ2v) is 7.19. The first-order valence-corrected chi connectivity index (χ1v) is 8.68. The Morgan fingerprint density at radius 2 is 2.14 bits per heavy atom. The molecule has 2 unspecified atom stereocenters. The van der Waals surface area contributed by atoms with Gasteiger partial charge < -0.3 is 15.1 Å². The minimum atomic E-state index is 0.0523. The van der Waals surface area contributed by atoms with Gasteiger partial charge in [-0.2, -0.15) is 0 Å². The highest BCUT2D eigenvalue weighted by Gasteiger charge is 2.29. The van der Waals surface area contributed by atoms with Crippen LogP contribution in [-0.2, 0) is 6.42 Å². The van der Waals surface area contributed by atoms with Gasteiger partial charge in [-0.05, 0) is 61.9 Å². The maximum Gasteiger partial charge on any atom is 0.183 e. The number of nitrogens with two attached hydrogens (primary N) is 1. The van der Waals surface area contributed by atoms with Gasteiger partial charge in [-0.25, -0.2) is 0 Å². The minimum absolute atomic E-state index is 0.0523. The highest BCUT2D eigenvalue weighted by atomic mass is 79.9. The van der Waals surface area contributed by atoms with E-state index < -0.39 is 0 Å². The Balaban J connectivity index is 2.01. The quantitative estimate of drug-likeness (QED) is 0.805. The number of hydrogen-bond acceptors (Lipinski definition) is 3. The van der Waals surface area contributed by atoms with Crippen LogP contribution in [0, 0.1) is 5.92 Å². The molecule has 0 aliphatic carbocycles. The summed E-state index contributed by atoms with van der Waals surface area (Å²) in [6.45, 7) is 3.80. The zero-order chi connectivity index (χ0) is 15.0. The highest BCUT2D eigenvalue weighted by Crippen LogP contribution is 2.38. The number of furan rings is 1. The first-order valence-electron chi connectivity index (χ1n) is 7.09. The van der Waals surface area contributed by atoms with Crippen LogP contribution in [0.3, 0.4) is 0 Å². The van der Waals surface area contributed by atoms with Crippen molar-refractivity contribution in [3.05, 3.63) is 50.8 Å². The number of fused-ring (bicyclic) bond motifs is 1. The number of anilines is 1. The molecule has 2 atom stereocenters. The van der Waals surface area contributed by atoms with Gasteiger partial charge in [0.1, 0.15) is 5.76 Å². The fraction of sp³-hybridized carbons (Fsp3) is 0.375. The maximum absolute atomic E-state index is 6.07. The maximum atomic E-state index is 6.07. The molecule has 0 radical (unpaired) electrons. The van der Waals surface area contributed by atoms with Crippen molar-refractivity contribution < 1.29 is 4.42 Å². The molecule has 1 aromatic heterocycles. The normalized spacial score (nSPS) is 19.4. The van der Waals surface area contributed by atoms with Crippen molar-refractivity contribution in [1.29, 1.82) is 0 Å². The zero-order valence-electron chi connectivity index (χ0n) is 11.9. The van der Waals surface area contributed by atoms with Crippen molar-refractivity contribution in [3.8, 4) is 0 Å². The summed E-state index contributed by atoms with van der Waals surface area (Å²) in [4.78, 5) is 2.38. The number of hydrogen-bond donors (Lipinski definition) is 1. The molecule has 0 fully saturated rings. The molecule has 0 saturated heterocycles. The van der Waals surface area contributed by atoms with Crippen molar-refractivity contribution in [3.63, 3.8) is 0 Å². The summed E-state index contributed by atoms with van der Waals surface area (Å²) in [5, 5.41) is 0. The van der Waals surface area contributed by atoms with E-state index in [1.54, 1.807) is 0 Å². The third-order valence-electron chi connectivity index (χ3n) is 3.97. The molecule has 0 spiro atoms. The molecule has 3 rings (SSSR count). The van der Waals surface area contributed by atoms with Gasteiger partial charge in [-0.1, -0.05) is 25.1 Å². The van der Waals surface area contributed by atoms with Crippen molar-refractivity contribution in [2.75, 3.05) is 18.0 Å². The van der Waals surface area contributed by atoms with Crippen molar-refractivity contribution in [1.82, 2.24) is 0 Å². The molecule has 21 heavy (non-hydrogen) atoms. The lowest BCUT2D eigenvalue weighted by molar-refractivity contribution is 0.411. The number of halogens is 2. The number of benzene rings is 1. The summed E-state index contributed by atoms with van der Waals surface area (Å²) in [7, 11) is 0. The van der Waals surface area contributed by atoms with Gasteiger partial charge in [-0.3, -0.25) is 0 Å². The predicted molar refractivity (Wildman–Crippen MR) is 92.6 cm³/mol. The van der Waals surface area contributed by atoms with Gasteiger partial charge in [-0.15, -0.1) is 0 Å². The molecule has 0 bridgehead atoms. The monoisotopic (exact) mass is 412 g/mol. The molecule has 2 aromatic rings. The topological polar surface area (TPSA) is 42.4 Å². The second-order valence-electron chi connectivity index (χ2n) is 5.61. The Hall–Kier alpha value is -0.780. The average Bonchev–Trinajstić information content (AvgIpc) is 2.79. The van der Waals surface area contributed by atoms with Gasteiger partial charge in [0.05, 0.1) is 10.5 Å². The van der Waals surface area contributed by atoms with Crippen LogP contribution < -0.4 is 10.6 Å². The van der Waals surface area contributed by atoms with E-state index in [1.807, 2.05) is 6.07 Å². The lowest BCUT2D eigenvalue weighted by atomic mass is 9.92. The number of para-hydroxylation sites is 1. The van der Waals surface area contributed by atoms with Gasteiger partial charge in [0.15, 0.2) is 4.67 Å². The summed E-state index contributed by atoms with van der Waals surface area (Å²) in [6.07, 6.45) is 1.12. The summed E-state index contributed by atoms with van der Waals surface area (Å²) in [5.41, 5.74) is 8.73. The molecular formula is C16H18Br2N2O. The SMILES string of the molecule is CC1Cc2ccccc2N(C(CN)c2cc(Br)c(Br)o2)C1. The van der Waals surface area contributed by atoms with Gasteiger partial charge in [0.2, 0.25) is 0 Å². The molecule has 2 heterocycles. The van der Waals surface area contributed by atoms with Crippen LogP contribution in [-0.4, -0.2) is 13.1 Å². The number of rotatable bonds is 3. The van der Waals surface area contributed by atoms with Crippen LogP contribution in [0.15, 0.2) is 43.9 Å². The van der Waals surface area contributed by atoms with Crippen molar-refractivity contribution >= 4 is 37.5 Å². The third-order valence-corrected chi connectivity index (χ3v) is 5.68. The Morgan fingerprint density at radius 1 is 1.38 bits per heavy atom. The summed E-state index contributed by atoms with van der Waals surface area (Å²) in [6, 6.07) is 10.6. The molecule has 0 amide bonds. The van der Waals surface area contributed by atoms with E-state index in [0.717, 1.165) is 23.2 Å². The third kappa shape index (κ3) is 2.91. The Bertz CT molecular complexity index is 621. The Labute approximate surface area is 141 Å². The molecule has 3 nitrogen and oxygen atoms in total. The summed E-state index contributed by atoms with van der Waals surface area (Å²) in [5.74, 6) is 1.50. The molecule has 5 heteroatoms. The van der Waals surface area contributed by atoms with Gasteiger partial charge in [0, 0.05) is 18.8 Å². The van der Waals surface area contributed by atoms with E-state index in [2.05, 4.69) is 67.9 Å². The Kier molecular flexibility index (Phi) is 4.43. The van der Waals surface area contributed by atoms with E-state index in [4.69, 9.17) is 10.2 Å². The predicted octanol–water partition coefficient (Wildman–Crippen LogP) is 4.50. The van der Waals surface area contributed by atoms with Crippen molar-refractivity contribution in [2.45, 2.75) is 19.4 Å². The standard InChI is InChI=1S/C16H18Br2N2O/c1-10-6-11-4-2-3-5-13(11)20(9-10)14(8-19)15-7-12(17)16(18)21-15/h2-5,7,10,14H,6,8-9,19H2,1H3. The molecule has 1 aromatic carbocycles. The van der Waals surface area contributed by atoms with E-state index in [-0.39, 0.29) is 6.04 Å². The van der Waals surface area contributed by atoms with E-state index >= 15 is 0 Å². The molecule has 2 N–H and O–H groups in total. The van der Waals surface area contributed by atoms with Crippen molar-refractivity contribution in [2.24, 2.45) is 11.7 Å². The van der Waals surface area contributed by atoms with Gasteiger partial charge in [0.25, 0.3) is 0 Å². The first-order chi connectivity index (χ1) is 10.1. The van der Waals surface area contributed by atoms with Crippen LogP contribution in [0.5, 0.6) is 0 Å². The lowest BCUT2D eigenvalue weighted by Crippen LogP contribution is -2.40. The largest absolute Gasteiger partial charge is 0.451 e. The Morgan fingerprint density at radius 3 is 2.81 bits per heavy atom.